The molecule has 2 amide bonds. The number of nitrogens with one attached hydrogen (secondary N) is 1. The minimum Gasteiger partial charge on any atom is -0.369 e. The molecule has 22 heavy (non-hydrogen) atoms. The van der Waals surface area contributed by atoms with Gasteiger partial charge in [-0.05, 0) is 31.2 Å². The number of rotatable bonds is 5. The Kier molecular flexibility index (Phi) is 5.93. The van der Waals surface area contributed by atoms with E-state index in [4.69, 9.17) is 5.73 Å². The first kappa shape index (κ1) is 16.9. The first-order valence-corrected chi connectivity index (χ1v) is 8.06. The molecule has 1 aliphatic heterocycles. The molecule has 3 N–H and O–H groups in total. The van der Waals surface area contributed by atoms with Crippen molar-refractivity contribution >= 4 is 33.4 Å². The van der Waals surface area contributed by atoms with Crippen molar-refractivity contribution in [3.8, 4) is 0 Å². The number of piperazine rings is 1. The maximum absolute atomic E-state index is 12.3. The SMILES string of the molecule is C[C@H](C(=O)Nc1ccc(Br)cc1)N1CCN(CC(N)=O)CC1. The van der Waals surface area contributed by atoms with Crippen molar-refractivity contribution in [1.29, 1.82) is 0 Å². The summed E-state index contributed by atoms with van der Waals surface area (Å²) in [7, 11) is 0. The van der Waals surface area contributed by atoms with Crippen molar-refractivity contribution in [2.24, 2.45) is 5.73 Å². The molecule has 0 radical (unpaired) electrons. The maximum Gasteiger partial charge on any atom is 0.241 e. The average molecular weight is 369 g/mol. The predicted molar refractivity (Wildman–Crippen MR) is 89.4 cm³/mol. The Hall–Kier alpha value is -1.44. The first-order chi connectivity index (χ1) is 10.5. The van der Waals surface area contributed by atoms with Gasteiger partial charge in [-0.2, -0.15) is 0 Å². The van der Waals surface area contributed by atoms with Crippen molar-refractivity contribution < 1.29 is 9.59 Å². The molecule has 120 valence electrons. The number of anilines is 1. The Bertz CT molecular complexity index is 527. The van der Waals surface area contributed by atoms with Gasteiger partial charge in [0.2, 0.25) is 11.8 Å². The quantitative estimate of drug-likeness (QED) is 0.808. The number of nitrogens with zero attached hydrogens (tertiary/aromatic N) is 2. The number of nitrogens with two attached hydrogens (primary N) is 1. The standard InChI is InChI=1S/C15H21BrN4O2/c1-11(15(22)18-13-4-2-12(16)3-5-13)20-8-6-19(7-9-20)10-14(17)21/h2-5,11H,6-10H2,1H3,(H2,17,21)(H,18,22)/t11-/m1/s1. The first-order valence-electron chi connectivity index (χ1n) is 7.27. The molecule has 6 nitrogen and oxygen atoms in total. The zero-order valence-electron chi connectivity index (χ0n) is 12.6. The molecule has 1 heterocycles. The van der Waals surface area contributed by atoms with Gasteiger partial charge < -0.3 is 11.1 Å². The summed E-state index contributed by atoms with van der Waals surface area (Å²) in [6, 6.07) is 7.30. The highest BCUT2D eigenvalue weighted by molar-refractivity contribution is 9.10. The fourth-order valence-corrected chi connectivity index (χ4v) is 2.74. The second-order valence-electron chi connectivity index (χ2n) is 5.45. The lowest BCUT2D eigenvalue weighted by atomic mass is 10.2. The van der Waals surface area contributed by atoms with Gasteiger partial charge in [-0.3, -0.25) is 19.4 Å². The van der Waals surface area contributed by atoms with E-state index in [2.05, 4.69) is 26.1 Å². The summed E-state index contributed by atoms with van der Waals surface area (Å²) < 4.78 is 0.976. The minimum absolute atomic E-state index is 0.0225. The molecule has 1 aliphatic rings. The third-order valence-electron chi connectivity index (χ3n) is 3.83. The molecule has 0 aliphatic carbocycles. The molecule has 7 heteroatoms. The molecule has 1 aromatic carbocycles. The number of halogens is 1. The summed E-state index contributed by atoms with van der Waals surface area (Å²) in [5.74, 6) is -0.333. The number of amides is 2. The second kappa shape index (κ2) is 7.71. The topological polar surface area (TPSA) is 78.7 Å². The van der Waals surface area contributed by atoms with Gasteiger partial charge in [0, 0.05) is 36.3 Å². The van der Waals surface area contributed by atoms with Gasteiger partial charge in [0.1, 0.15) is 0 Å². The van der Waals surface area contributed by atoms with Crippen molar-refractivity contribution in [3.63, 3.8) is 0 Å². The molecule has 0 saturated carbocycles. The van der Waals surface area contributed by atoms with Crippen LogP contribution in [-0.4, -0.2) is 60.4 Å². The third-order valence-corrected chi connectivity index (χ3v) is 4.35. The molecule has 2 rings (SSSR count). The van der Waals surface area contributed by atoms with E-state index in [1.54, 1.807) is 0 Å². The predicted octanol–water partition coefficient (Wildman–Crippen LogP) is 0.879. The van der Waals surface area contributed by atoms with Crippen LogP contribution in [0.4, 0.5) is 5.69 Å². The maximum atomic E-state index is 12.3. The Labute approximate surface area is 138 Å². The minimum atomic E-state index is -0.311. The summed E-state index contributed by atoms with van der Waals surface area (Å²) >= 11 is 3.37. The van der Waals surface area contributed by atoms with E-state index in [1.165, 1.54) is 0 Å². The molecular weight excluding hydrogens is 348 g/mol. The zero-order valence-corrected chi connectivity index (χ0v) is 14.2. The lowest BCUT2D eigenvalue weighted by Gasteiger charge is -2.36. The van der Waals surface area contributed by atoms with Crippen LogP contribution in [0.25, 0.3) is 0 Å². The number of primary amides is 1. The molecule has 1 saturated heterocycles. The van der Waals surface area contributed by atoms with Crippen LogP contribution in [-0.2, 0) is 9.59 Å². The number of carbonyl (C=O) groups is 2. The van der Waals surface area contributed by atoms with Gasteiger partial charge in [-0.15, -0.1) is 0 Å². The largest absolute Gasteiger partial charge is 0.369 e. The molecular formula is C15H21BrN4O2. The Morgan fingerprint density at radius 3 is 2.36 bits per heavy atom. The van der Waals surface area contributed by atoms with Crippen LogP contribution in [0.3, 0.4) is 0 Å². The lowest BCUT2D eigenvalue weighted by Crippen LogP contribution is -2.53. The second-order valence-corrected chi connectivity index (χ2v) is 6.37. The van der Waals surface area contributed by atoms with Crippen LogP contribution < -0.4 is 11.1 Å². The van der Waals surface area contributed by atoms with E-state index in [9.17, 15) is 9.59 Å². The van der Waals surface area contributed by atoms with Crippen LogP contribution >= 0.6 is 15.9 Å². The normalized spacial score (nSPS) is 17.9. The summed E-state index contributed by atoms with van der Waals surface area (Å²) in [4.78, 5) is 27.4. The Balaban J connectivity index is 1.84. The molecule has 1 aromatic rings. The van der Waals surface area contributed by atoms with Gasteiger partial charge in [-0.1, -0.05) is 15.9 Å². The highest BCUT2D eigenvalue weighted by Crippen LogP contribution is 2.15. The summed E-state index contributed by atoms with van der Waals surface area (Å²) in [6.45, 7) is 5.19. The van der Waals surface area contributed by atoms with Crippen LogP contribution in [0.5, 0.6) is 0 Å². The van der Waals surface area contributed by atoms with E-state index in [-0.39, 0.29) is 24.4 Å². The molecule has 0 aromatic heterocycles. The van der Waals surface area contributed by atoms with Crippen LogP contribution in [0.2, 0.25) is 0 Å². The molecule has 1 atom stereocenters. The van der Waals surface area contributed by atoms with Gasteiger partial charge in [0.05, 0.1) is 12.6 Å². The van der Waals surface area contributed by atoms with Crippen molar-refractivity contribution in [1.82, 2.24) is 9.80 Å². The van der Waals surface area contributed by atoms with Crippen molar-refractivity contribution in [2.75, 3.05) is 38.0 Å². The zero-order chi connectivity index (χ0) is 16.1. The highest BCUT2D eigenvalue weighted by Gasteiger charge is 2.25. The van der Waals surface area contributed by atoms with Gasteiger partial charge >= 0.3 is 0 Å². The highest BCUT2D eigenvalue weighted by atomic mass is 79.9. The van der Waals surface area contributed by atoms with Crippen LogP contribution in [0.15, 0.2) is 28.7 Å². The summed E-state index contributed by atoms with van der Waals surface area (Å²) in [5.41, 5.74) is 5.99. The Morgan fingerprint density at radius 2 is 1.82 bits per heavy atom. The van der Waals surface area contributed by atoms with E-state index < -0.39 is 0 Å². The molecule has 1 fully saturated rings. The molecule has 0 unspecified atom stereocenters. The van der Waals surface area contributed by atoms with E-state index in [0.717, 1.165) is 36.3 Å². The number of benzene rings is 1. The number of hydrogen-bond donors (Lipinski definition) is 2. The molecule has 0 bridgehead atoms. The van der Waals surface area contributed by atoms with Crippen molar-refractivity contribution in [2.45, 2.75) is 13.0 Å². The number of carbonyl (C=O) groups excluding carboxylic acids is 2. The lowest BCUT2D eigenvalue weighted by molar-refractivity contribution is -0.123. The smallest absolute Gasteiger partial charge is 0.241 e. The van der Waals surface area contributed by atoms with E-state index >= 15 is 0 Å². The van der Waals surface area contributed by atoms with E-state index in [0.29, 0.717) is 0 Å². The van der Waals surface area contributed by atoms with Gasteiger partial charge in [0.25, 0.3) is 0 Å². The Morgan fingerprint density at radius 1 is 1.23 bits per heavy atom. The van der Waals surface area contributed by atoms with Crippen LogP contribution in [0, 0.1) is 0 Å². The molecule has 0 spiro atoms. The average Bonchev–Trinajstić information content (AvgIpc) is 2.49. The fraction of sp³-hybridized carbons (Fsp3) is 0.467. The monoisotopic (exact) mass is 368 g/mol. The van der Waals surface area contributed by atoms with Crippen molar-refractivity contribution in [3.05, 3.63) is 28.7 Å². The van der Waals surface area contributed by atoms with E-state index in [1.807, 2.05) is 36.1 Å². The summed E-state index contributed by atoms with van der Waals surface area (Å²) in [6.07, 6.45) is 0. The van der Waals surface area contributed by atoms with Crippen LogP contribution in [0.1, 0.15) is 6.92 Å². The van der Waals surface area contributed by atoms with Gasteiger partial charge in [-0.25, -0.2) is 0 Å². The fourth-order valence-electron chi connectivity index (χ4n) is 2.47. The third kappa shape index (κ3) is 4.79. The van der Waals surface area contributed by atoms with Gasteiger partial charge in [0.15, 0.2) is 0 Å². The number of hydrogen-bond acceptors (Lipinski definition) is 4. The summed E-state index contributed by atoms with van der Waals surface area (Å²) in [5, 5.41) is 2.92.